The third-order valence-electron chi connectivity index (χ3n) is 13.0. The molecule has 5 unspecified atom stereocenters. The normalized spacial score (nSPS) is 40.3. The van der Waals surface area contributed by atoms with E-state index in [4.69, 9.17) is 14.2 Å². The zero-order chi connectivity index (χ0) is 35.5. The van der Waals surface area contributed by atoms with Crippen LogP contribution < -0.4 is 0 Å². The maximum Gasteiger partial charge on any atom is 0.336 e. The maximum atomic E-state index is 14.0. The quantitative estimate of drug-likeness (QED) is 0.113. The molecule has 4 saturated carbocycles. The van der Waals surface area contributed by atoms with E-state index in [9.17, 15) is 19.5 Å². The molecule has 0 aromatic heterocycles. The van der Waals surface area contributed by atoms with Crippen LogP contribution in [0.4, 0.5) is 0 Å². The van der Waals surface area contributed by atoms with Gasteiger partial charge < -0.3 is 19.3 Å². The van der Waals surface area contributed by atoms with Crippen molar-refractivity contribution in [2.24, 2.45) is 45.3 Å². The number of esters is 3. The first kappa shape index (κ1) is 39.3. The van der Waals surface area contributed by atoms with Crippen LogP contribution >= 0.6 is 47.8 Å². The van der Waals surface area contributed by atoms with E-state index in [2.05, 4.69) is 89.3 Å². The number of halogens is 3. The number of fused-ring (bicyclic) bond motifs is 5. The molecule has 0 aliphatic heterocycles. The van der Waals surface area contributed by atoms with E-state index in [-0.39, 0.29) is 60.1 Å². The van der Waals surface area contributed by atoms with Gasteiger partial charge in [-0.3, -0.25) is 9.59 Å². The highest BCUT2D eigenvalue weighted by Crippen LogP contribution is 2.75. The average Bonchev–Trinajstić information content (AvgIpc) is 3.19. The summed E-state index contributed by atoms with van der Waals surface area (Å²) in [6.07, 6.45) is 5.72. The molecule has 47 heavy (non-hydrogen) atoms. The van der Waals surface area contributed by atoms with Gasteiger partial charge in [-0.05, 0) is 131 Å². The summed E-state index contributed by atoms with van der Waals surface area (Å²) in [7, 11) is 0. The standard InChI is InChI=1S/C37H57Br3O7/c1-20-23-13-16-36(9)30(35(23,8)15-14-27(20)47-21(2)41)26(42)17-24-29(25(38)18-37(24,36)10)22(11-12-28(39)34(6,7)40)31(43)45-19-46-32(44)33(3,4)5/h20,23-28,30,42H,11-19H2,1-10H3/b29-22-/t20-,23?,24?,25+,26?,27+,28?,30?,35-,36-,37-/m0/s1. The summed E-state index contributed by atoms with van der Waals surface area (Å²) < 4.78 is 16.6. The van der Waals surface area contributed by atoms with E-state index >= 15 is 0 Å². The van der Waals surface area contributed by atoms with Crippen molar-refractivity contribution < 1.29 is 33.7 Å². The molecule has 4 fully saturated rings. The topological polar surface area (TPSA) is 99.1 Å². The Labute approximate surface area is 307 Å². The molecule has 7 nitrogen and oxygen atoms in total. The smallest absolute Gasteiger partial charge is 0.336 e. The minimum absolute atomic E-state index is 0.0106. The van der Waals surface area contributed by atoms with Gasteiger partial charge in [-0.25, -0.2) is 4.79 Å². The summed E-state index contributed by atoms with van der Waals surface area (Å²) in [6, 6.07) is 0. The number of hydrogen-bond donors (Lipinski definition) is 1. The van der Waals surface area contributed by atoms with E-state index < -0.39 is 30.3 Å². The van der Waals surface area contributed by atoms with Gasteiger partial charge in [0.05, 0.1) is 11.5 Å². The number of aliphatic hydroxyl groups excluding tert-OH is 1. The first-order valence-electron chi connectivity index (χ1n) is 17.4. The Morgan fingerprint density at radius 2 is 1.66 bits per heavy atom. The molecule has 4 aliphatic carbocycles. The molecule has 268 valence electrons. The molecule has 0 amide bonds. The van der Waals surface area contributed by atoms with Crippen LogP contribution in [0.2, 0.25) is 0 Å². The summed E-state index contributed by atoms with van der Waals surface area (Å²) in [5.41, 5.74) is 0.521. The summed E-state index contributed by atoms with van der Waals surface area (Å²) in [5, 5.41) is 12.3. The highest BCUT2D eigenvalue weighted by Gasteiger charge is 2.70. The van der Waals surface area contributed by atoms with Gasteiger partial charge >= 0.3 is 17.9 Å². The number of hydrogen-bond acceptors (Lipinski definition) is 7. The van der Waals surface area contributed by atoms with Crippen molar-refractivity contribution >= 4 is 65.7 Å². The second-order valence-electron chi connectivity index (χ2n) is 17.3. The lowest BCUT2D eigenvalue weighted by atomic mass is 9.36. The highest BCUT2D eigenvalue weighted by molar-refractivity contribution is 9.12. The second kappa shape index (κ2) is 13.9. The van der Waals surface area contributed by atoms with Gasteiger partial charge in [-0.15, -0.1) is 0 Å². The molecular weight excluding hydrogens is 796 g/mol. The fraction of sp³-hybridized carbons (Fsp3) is 0.865. The van der Waals surface area contributed by atoms with Crippen LogP contribution in [-0.4, -0.2) is 56.0 Å². The van der Waals surface area contributed by atoms with Gasteiger partial charge in [0.25, 0.3) is 0 Å². The molecule has 1 N–H and O–H groups in total. The molecule has 0 heterocycles. The lowest BCUT2D eigenvalue weighted by Gasteiger charge is -2.69. The Hall–Kier alpha value is -0.450. The molecule has 0 aromatic carbocycles. The predicted molar refractivity (Wildman–Crippen MR) is 194 cm³/mol. The van der Waals surface area contributed by atoms with Crippen LogP contribution in [0.3, 0.4) is 0 Å². The second-order valence-corrected chi connectivity index (χ2v) is 21.5. The third kappa shape index (κ3) is 7.33. The van der Waals surface area contributed by atoms with Gasteiger partial charge in [0.15, 0.2) is 0 Å². The Balaban J connectivity index is 1.70. The summed E-state index contributed by atoms with van der Waals surface area (Å²) in [6.45, 7) is 19.9. The number of allylic oxidation sites excluding steroid dienone is 1. The van der Waals surface area contributed by atoms with Crippen molar-refractivity contribution in [3.63, 3.8) is 0 Å². The lowest BCUT2D eigenvalue weighted by molar-refractivity contribution is -0.235. The molecule has 0 bridgehead atoms. The Morgan fingerprint density at radius 1 is 1.02 bits per heavy atom. The van der Waals surface area contributed by atoms with Gasteiger partial charge in [0, 0.05) is 26.5 Å². The van der Waals surface area contributed by atoms with Gasteiger partial charge in [0.2, 0.25) is 6.79 Å². The lowest BCUT2D eigenvalue weighted by Crippen LogP contribution is -2.65. The zero-order valence-corrected chi connectivity index (χ0v) is 34.8. The van der Waals surface area contributed by atoms with Crippen LogP contribution in [0.1, 0.15) is 121 Å². The summed E-state index contributed by atoms with van der Waals surface area (Å²) in [5.74, 6) is -0.450. The monoisotopic (exact) mass is 850 g/mol. The first-order valence-corrected chi connectivity index (χ1v) is 20.0. The number of rotatable bonds is 8. The van der Waals surface area contributed by atoms with Crippen molar-refractivity contribution in [3.8, 4) is 0 Å². The molecule has 11 atom stereocenters. The van der Waals surface area contributed by atoms with Crippen molar-refractivity contribution in [2.75, 3.05) is 6.79 Å². The minimum Gasteiger partial charge on any atom is -0.462 e. The molecule has 4 rings (SSSR count). The van der Waals surface area contributed by atoms with Gasteiger partial charge in [0.1, 0.15) is 6.10 Å². The third-order valence-corrected chi connectivity index (χ3v) is 16.5. The number of ether oxygens (including phenoxy) is 3. The van der Waals surface area contributed by atoms with Crippen LogP contribution in [0, 0.1) is 45.3 Å². The molecular formula is C37H57Br3O7. The van der Waals surface area contributed by atoms with Crippen LogP contribution in [0.5, 0.6) is 0 Å². The molecule has 0 saturated heterocycles. The van der Waals surface area contributed by atoms with Gasteiger partial charge in [-0.1, -0.05) is 75.5 Å². The van der Waals surface area contributed by atoms with E-state index in [1.54, 1.807) is 20.8 Å². The largest absolute Gasteiger partial charge is 0.462 e. The van der Waals surface area contributed by atoms with E-state index in [0.717, 1.165) is 37.7 Å². The van der Waals surface area contributed by atoms with Crippen LogP contribution in [-0.2, 0) is 28.6 Å². The van der Waals surface area contributed by atoms with Crippen molar-refractivity contribution in [2.45, 2.75) is 147 Å². The van der Waals surface area contributed by atoms with Crippen molar-refractivity contribution in [1.82, 2.24) is 0 Å². The average molecular weight is 854 g/mol. The number of carbonyl (C=O) groups excluding carboxylic acids is 3. The summed E-state index contributed by atoms with van der Waals surface area (Å²) in [4.78, 5) is 38.3. The number of carbonyl (C=O) groups is 3. The minimum atomic E-state index is -0.704. The SMILES string of the molecule is CC(=O)O[C@@H]1CC[C@@]2(C)C(CC[C@@]3(C)C2C(O)CC2/C(=C(\CCC(Br)C(C)(C)Br)C(=O)OCOC(=O)C(C)(C)C)[C@H](Br)C[C@@]23C)[C@@H]1C. The maximum absolute atomic E-state index is 14.0. The van der Waals surface area contributed by atoms with E-state index in [1.807, 2.05) is 0 Å². The molecule has 0 aromatic rings. The molecule has 0 spiro atoms. The number of aliphatic hydroxyl groups is 1. The zero-order valence-electron chi connectivity index (χ0n) is 30.0. The molecule has 10 heteroatoms. The Kier molecular flexibility index (Phi) is 11.7. The van der Waals surface area contributed by atoms with Crippen LogP contribution in [0.25, 0.3) is 0 Å². The van der Waals surface area contributed by atoms with Crippen molar-refractivity contribution in [1.29, 1.82) is 0 Å². The molecule has 0 radical (unpaired) electrons. The predicted octanol–water partition coefficient (Wildman–Crippen LogP) is 9.04. The van der Waals surface area contributed by atoms with E-state index in [1.165, 1.54) is 6.92 Å². The highest BCUT2D eigenvalue weighted by atomic mass is 79.9. The fourth-order valence-electron chi connectivity index (χ4n) is 10.4. The molecule has 4 aliphatic rings. The van der Waals surface area contributed by atoms with Crippen molar-refractivity contribution in [3.05, 3.63) is 11.1 Å². The van der Waals surface area contributed by atoms with E-state index in [0.29, 0.717) is 30.8 Å². The summed E-state index contributed by atoms with van der Waals surface area (Å²) >= 11 is 11.6. The fourth-order valence-corrected chi connectivity index (χ4v) is 12.1. The number of alkyl halides is 3. The Morgan fingerprint density at radius 3 is 2.23 bits per heavy atom. The first-order chi connectivity index (χ1) is 21.5. The van der Waals surface area contributed by atoms with Crippen LogP contribution in [0.15, 0.2) is 11.1 Å². The Bertz CT molecular complexity index is 1250. The van der Waals surface area contributed by atoms with Gasteiger partial charge in [-0.2, -0.15) is 0 Å².